The molecule has 5 rings (SSSR count). The highest BCUT2D eigenvalue weighted by atomic mass is 16.7. The lowest BCUT2D eigenvalue weighted by molar-refractivity contribution is -0.156. The van der Waals surface area contributed by atoms with Gasteiger partial charge in [-0.3, -0.25) is 4.79 Å². The molecule has 0 saturated carbocycles. The lowest BCUT2D eigenvalue weighted by Crippen LogP contribution is -2.49. The maximum absolute atomic E-state index is 13.4. The number of oxime groups is 1. The zero-order chi connectivity index (χ0) is 27.7. The van der Waals surface area contributed by atoms with Gasteiger partial charge < -0.3 is 14.7 Å². The molecule has 0 spiro atoms. The molecule has 0 aliphatic carbocycles. The number of rotatable bonds is 7. The minimum absolute atomic E-state index is 0.0169. The van der Waals surface area contributed by atoms with Crippen molar-refractivity contribution in [1.82, 2.24) is 9.88 Å². The number of benzene rings is 3. The molecule has 1 N–H and O–H groups in total. The Morgan fingerprint density at radius 1 is 1.00 bits per heavy atom. The number of aryl methyl sites for hydroxylation is 2. The van der Waals surface area contributed by atoms with Gasteiger partial charge in [-0.1, -0.05) is 41.9 Å². The molecule has 3 aromatic carbocycles. The molecule has 4 aromatic rings. The summed E-state index contributed by atoms with van der Waals surface area (Å²) in [6.07, 6.45) is 3.20. The van der Waals surface area contributed by atoms with Crippen LogP contribution < -0.4 is 5.32 Å². The van der Waals surface area contributed by atoms with Crippen molar-refractivity contribution in [1.29, 1.82) is 0 Å². The number of piperidine rings is 1. The fourth-order valence-electron chi connectivity index (χ4n) is 5.68. The largest absolute Gasteiger partial charge is 0.342 e. The number of carbonyl (C=O) groups excluding carboxylic acids is 2. The van der Waals surface area contributed by atoms with E-state index in [-0.39, 0.29) is 17.8 Å². The number of hydrogen-bond donors (Lipinski definition) is 1. The van der Waals surface area contributed by atoms with Crippen LogP contribution in [0.2, 0.25) is 0 Å². The summed E-state index contributed by atoms with van der Waals surface area (Å²) in [7, 11) is 0. The Hall–Kier alpha value is -3.77. The number of nitrogens with zero attached hydrogens (tertiary/aromatic N) is 2. The van der Waals surface area contributed by atoms with E-state index < -0.39 is 5.41 Å². The number of aromatic nitrogens is 1. The Bertz CT molecular complexity index is 1590. The third-order valence-electron chi connectivity index (χ3n) is 8.22. The van der Waals surface area contributed by atoms with E-state index in [1.54, 1.807) is 0 Å². The Kier molecular flexibility index (Phi) is 7.41. The summed E-state index contributed by atoms with van der Waals surface area (Å²) in [4.78, 5) is 31.8. The molecule has 0 amide bonds. The van der Waals surface area contributed by atoms with Crippen LogP contribution in [0.3, 0.4) is 0 Å². The summed E-state index contributed by atoms with van der Waals surface area (Å²) in [5.74, 6) is -0.312. The molecule has 39 heavy (non-hydrogen) atoms. The molecule has 6 heteroatoms. The number of ketones is 1. The van der Waals surface area contributed by atoms with Gasteiger partial charge >= 0.3 is 5.97 Å². The van der Waals surface area contributed by atoms with Gasteiger partial charge in [0.15, 0.2) is 5.78 Å². The highest BCUT2D eigenvalue weighted by molar-refractivity contribution is 6.16. The Morgan fingerprint density at radius 2 is 1.67 bits per heavy atom. The van der Waals surface area contributed by atoms with E-state index >= 15 is 0 Å². The summed E-state index contributed by atoms with van der Waals surface area (Å²) in [6, 6.07) is 19.9. The van der Waals surface area contributed by atoms with Gasteiger partial charge in [0.25, 0.3) is 0 Å². The standard InChI is InChI=1S/C33H37N3O3/c1-6-36-28-16-14-23(22(3)35-39-32(38)33(4,5)30-13-9-10-18-34-30)19-26(28)27-20-24(15-17-29(27)36)31(37)25-12-8-7-11-21(25)2/h7-8,11-12,14-17,19-20,30,34H,6,9-10,13,18H2,1-5H3/b35-22+. The molecule has 1 aliphatic rings. The molecule has 1 saturated heterocycles. The second-order valence-electron chi connectivity index (χ2n) is 11.1. The molecular weight excluding hydrogens is 486 g/mol. The number of nitrogens with one attached hydrogen (secondary N) is 1. The third-order valence-corrected chi connectivity index (χ3v) is 8.22. The smallest absolute Gasteiger partial charge is 0.341 e. The first-order chi connectivity index (χ1) is 18.7. The third kappa shape index (κ3) is 5.01. The first-order valence-corrected chi connectivity index (χ1v) is 13.9. The molecule has 1 aliphatic heterocycles. The molecule has 1 aromatic heterocycles. The second kappa shape index (κ2) is 10.8. The summed E-state index contributed by atoms with van der Waals surface area (Å²) in [6.45, 7) is 11.5. The van der Waals surface area contributed by atoms with Crippen molar-refractivity contribution in [2.24, 2.45) is 10.6 Å². The zero-order valence-electron chi connectivity index (χ0n) is 23.5. The Labute approximate surface area is 230 Å². The Morgan fingerprint density at radius 3 is 2.31 bits per heavy atom. The van der Waals surface area contributed by atoms with Crippen molar-refractivity contribution in [2.75, 3.05) is 6.54 Å². The van der Waals surface area contributed by atoms with Crippen LogP contribution in [-0.4, -0.2) is 34.6 Å². The van der Waals surface area contributed by atoms with Gasteiger partial charge in [0.05, 0.1) is 11.1 Å². The van der Waals surface area contributed by atoms with Crippen LogP contribution in [0.15, 0.2) is 65.8 Å². The summed E-state index contributed by atoms with van der Waals surface area (Å²) < 4.78 is 2.25. The van der Waals surface area contributed by atoms with E-state index in [0.717, 1.165) is 65.3 Å². The van der Waals surface area contributed by atoms with Crippen molar-refractivity contribution >= 4 is 39.3 Å². The average Bonchev–Trinajstić information content (AvgIpc) is 3.28. The molecule has 1 atom stereocenters. The van der Waals surface area contributed by atoms with Crippen LogP contribution in [0.5, 0.6) is 0 Å². The second-order valence-corrected chi connectivity index (χ2v) is 11.1. The highest BCUT2D eigenvalue weighted by Gasteiger charge is 2.39. The van der Waals surface area contributed by atoms with Gasteiger partial charge in [-0.05, 0) is 95.5 Å². The number of fused-ring (bicyclic) bond motifs is 3. The van der Waals surface area contributed by atoms with Crippen molar-refractivity contribution in [2.45, 2.75) is 66.5 Å². The normalized spacial score (nSPS) is 16.5. The first-order valence-electron chi connectivity index (χ1n) is 13.9. The molecular formula is C33H37N3O3. The van der Waals surface area contributed by atoms with Gasteiger partial charge in [-0.25, -0.2) is 4.79 Å². The van der Waals surface area contributed by atoms with Crippen molar-refractivity contribution in [3.05, 3.63) is 82.9 Å². The van der Waals surface area contributed by atoms with E-state index in [2.05, 4.69) is 34.1 Å². The van der Waals surface area contributed by atoms with Crippen LogP contribution in [0.1, 0.15) is 74.0 Å². The van der Waals surface area contributed by atoms with Crippen molar-refractivity contribution in [3.63, 3.8) is 0 Å². The minimum Gasteiger partial charge on any atom is -0.341 e. The van der Waals surface area contributed by atoms with Crippen molar-refractivity contribution in [3.8, 4) is 0 Å². The molecule has 0 bridgehead atoms. The molecule has 6 nitrogen and oxygen atoms in total. The van der Waals surface area contributed by atoms with Crippen LogP contribution in [0.4, 0.5) is 0 Å². The highest BCUT2D eigenvalue weighted by Crippen LogP contribution is 2.32. The van der Waals surface area contributed by atoms with Crippen LogP contribution in [0, 0.1) is 12.3 Å². The number of hydrogen-bond acceptors (Lipinski definition) is 5. The van der Waals surface area contributed by atoms with E-state index in [1.165, 1.54) is 0 Å². The average molecular weight is 524 g/mol. The van der Waals surface area contributed by atoms with E-state index in [4.69, 9.17) is 4.84 Å². The van der Waals surface area contributed by atoms with E-state index in [1.807, 2.05) is 76.2 Å². The Balaban J connectivity index is 1.48. The van der Waals surface area contributed by atoms with Crippen LogP contribution >= 0.6 is 0 Å². The molecule has 0 radical (unpaired) electrons. The molecule has 1 unspecified atom stereocenters. The zero-order valence-corrected chi connectivity index (χ0v) is 23.5. The fourth-order valence-corrected chi connectivity index (χ4v) is 5.68. The first kappa shape index (κ1) is 26.8. The SMILES string of the molecule is CCn1c2ccc(C(=O)c3ccccc3C)cc2c2cc(/C(C)=N/OC(=O)C(C)(C)C3CCCCN3)ccc21. The van der Waals surface area contributed by atoms with Crippen LogP contribution in [0.25, 0.3) is 21.8 Å². The van der Waals surface area contributed by atoms with Gasteiger partial charge in [0, 0.05) is 45.5 Å². The summed E-state index contributed by atoms with van der Waals surface area (Å²) in [5.41, 5.74) is 5.34. The van der Waals surface area contributed by atoms with E-state index in [0.29, 0.717) is 16.8 Å². The van der Waals surface area contributed by atoms with Gasteiger partial charge in [-0.2, -0.15) is 0 Å². The molecule has 202 valence electrons. The van der Waals surface area contributed by atoms with Gasteiger partial charge in [-0.15, -0.1) is 0 Å². The summed E-state index contributed by atoms with van der Waals surface area (Å²) >= 11 is 0. The lowest BCUT2D eigenvalue weighted by Gasteiger charge is -2.34. The number of carbonyl (C=O) groups is 2. The monoisotopic (exact) mass is 523 g/mol. The quantitative estimate of drug-likeness (QED) is 0.125. The fraction of sp³-hybridized carbons (Fsp3) is 0.364. The minimum atomic E-state index is -0.664. The van der Waals surface area contributed by atoms with Gasteiger partial charge in [0.1, 0.15) is 0 Å². The van der Waals surface area contributed by atoms with Crippen molar-refractivity contribution < 1.29 is 14.4 Å². The van der Waals surface area contributed by atoms with Crippen LogP contribution in [-0.2, 0) is 16.2 Å². The summed E-state index contributed by atoms with van der Waals surface area (Å²) in [5, 5.41) is 9.75. The predicted octanol–water partition coefficient (Wildman–Crippen LogP) is 6.79. The van der Waals surface area contributed by atoms with Gasteiger partial charge in [0.2, 0.25) is 0 Å². The molecule has 1 fully saturated rings. The topological polar surface area (TPSA) is 72.7 Å². The predicted molar refractivity (Wildman–Crippen MR) is 157 cm³/mol. The maximum atomic E-state index is 13.4. The lowest BCUT2D eigenvalue weighted by atomic mass is 9.80. The van der Waals surface area contributed by atoms with E-state index in [9.17, 15) is 9.59 Å². The molecule has 2 heterocycles. The maximum Gasteiger partial charge on any atom is 0.342 e.